The first kappa shape index (κ1) is 9.06. The van der Waals surface area contributed by atoms with Crippen molar-refractivity contribution in [2.75, 3.05) is 0 Å². The molecule has 14 heavy (non-hydrogen) atoms. The fourth-order valence-electron chi connectivity index (χ4n) is 1.53. The minimum atomic E-state index is 0.275. The monoisotopic (exact) mass is 190 g/mol. The highest BCUT2D eigenvalue weighted by Crippen LogP contribution is 2.18. The lowest BCUT2D eigenvalue weighted by molar-refractivity contribution is 0.476. The van der Waals surface area contributed by atoms with Gasteiger partial charge in [-0.2, -0.15) is 0 Å². The minimum Gasteiger partial charge on any atom is -0.508 e. The van der Waals surface area contributed by atoms with E-state index in [9.17, 15) is 5.11 Å². The Morgan fingerprint density at radius 1 is 1.43 bits per heavy atom. The molecule has 0 saturated carbocycles. The van der Waals surface area contributed by atoms with Crippen LogP contribution in [0.15, 0.2) is 18.2 Å². The molecule has 3 nitrogen and oxygen atoms in total. The van der Waals surface area contributed by atoms with Crippen LogP contribution in [0.3, 0.4) is 0 Å². The molecule has 0 aliphatic carbocycles. The van der Waals surface area contributed by atoms with Crippen molar-refractivity contribution in [2.45, 2.75) is 20.3 Å². The molecule has 0 amide bonds. The van der Waals surface area contributed by atoms with Gasteiger partial charge in [0.05, 0.1) is 11.0 Å². The summed E-state index contributed by atoms with van der Waals surface area (Å²) in [6.07, 6.45) is 0.940. The second-order valence-corrected chi connectivity index (χ2v) is 3.98. The second-order valence-electron chi connectivity index (χ2n) is 3.98. The van der Waals surface area contributed by atoms with Gasteiger partial charge in [-0.25, -0.2) is 4.98 Å². The molecule has 0 radical (unpaired) electrons. The van der Waals surface area contributed by atoms with Crippen molar-refractivity contribution in [2.24, 2.45) is 5.92 Å². The van der Waals surface area contributed by atoms with Crippen molar-refractivity contribution in [1.29, 1.82) is 0 Å². The maximum atomic E-state index is 9.27. The first-order valence-corrected chi connectivity index (χ1v) is 4.83. The highest BCUT2D eigenvalue weighted by Gasteiger charge is 2.04. The normalized spacial score (nSPS) is 11.4. The van der Waals surface area contributed by atoms with E-state index < -0.39 is 0 Å². The molecular weight excluding hydrogens is 176 g/mol. The number of nitrogens with zero attached hydrogens (tertiary/aromatic N) is 1. The van der Waals surface area contributed by atoms with Crippen LogP contribution < -0.4 is 0 Å². The smallest absolute Gasteiger partial charge is 0.117 e. The van der Waals surface area contributed by atoms with Gasteiger partial charge in [-0.3, -0.25) is 0 Å². The standard InChI is InChI=1S/C11H14N2O/c1-7(2)5-11-12-9-4-3-8(14)6-10(9)13-11/h3-4,6-7,14H,5H2,1-2H3,(H,12,13). The summed E-state index contributed by atoms with van der Waals surface area (Å²) < 4.78 is 0. The maximum Gasteiger partial charge on any atom is 0.117 e. The van der Waals surface area contributed by atoms with Gasteiger partial charge in [-0.1, -0.05) is 13.8 Å². The maximum absolute atomic E-state index is 9.27. The van der Waals surface area contributed by atoms with Gasteiger partial charge >= 0.3 is 0 Å². The number of phenolic OH excluding ortho intramolecular Hbond substituents is 1. The van der Waals surface area contributed by atoms with Crippen molar-refractivity contribution in [3.8, 4) is 5.75 Å². The van der Waals surface area contributed by atoms with Gasteiger partial charge in [0.2, 0.25) is 0 Å². The Kier molecular flexibility index (Phi) is 2.15. The largest absolute Gasteiger partial charge is 0.508 e. The molecular formula is C11H14N2O. The van der Waals surface area contributed by atoms with Crippen LogP contribution in [0, 0.1) is 5.92 Å². The highest BCUT2D eigenvalue weighted by atomic mass is 16.3. The summed E-state index contributed by atoms with van der Waals surface area (Å²) in [5, 5.41) is 9.27. The fourth-order valence-corrected chi connectivity index (χ4v) is 1.53. The predicted octanol–water partition coefficient (Wildman–Crippen LogP) is 2.47. The average Bonchev–Trinajstić information content (AvgIpc) is 2.44. The summed E-state index contributed by atoms with van der Waals surface area (Å²) in [5.41, 5.74) is 1.82. The molecule has 0 saturated heterocycles. The Balaban J connectivity index is 2.41. The number of hydrogen-bond acceptors (Lipinski definition) is 2. The van der Waals surface area contributed by atoms with Gasteiger partial charge < -0.3 is 10.1 Å². The highest BCUT2D eigenvalue weighted by molar-refractivity contribution is 5.76. The molecule has 2 aromatic rings. The zero-order valence-electron chi connectivity index (χ0n) is 8.41. The van der Waals surface area contributed by atoms with Crippen LogP contribution in [0.25, 0.3) is 11.0 Å². The van der Waals surface area contributed by atoms with Crippen LogP contribution >= 0.6 is 0 Å². The van der Waals surface area contributed by atoms with Crippen molar-refractivity contribution in [3.63, 3.8) is 0 Å². The van der Waals surface area contributed by atoms with Crippen LogP contribution in [0.2, 0.25) is 0 Å². The summed E-state index contributed by atoms with van der Waals surface area (Å²) in [6, 6.07) is 5.18. The van der Waals surface area contributed by atoms with Gasteiger partial charge in [0.25, 0.3) is 0 Å². The number of nitrogens with one attached hydrogen (secondary N) is 1. The number of hydrogen-bond donors (Lipinski definition) is 2. The van der Waals surface area contributed by atoms with E-state index in [1.807, 2.05) is 6.07 Å². The summed E-state index contributed by atoms with van der Waals surface area (Å²) in [7, 11) is 0. The van der Waals surface area contributed by atoms with Crippen LogP contribution in [0.5, 0.6) is 5.75 Å². The number of aromatic nitrogens is 2. The molecule has 1 heterocycles. The molecule has 0 spiro atoms. The molecule has 1 aromatic carbocycles. The van der Waals surface area contributed by atoms with Crippen LogP contribution in [0.1, 0.15) is 19.7 Å². The quantitative estimate of drug-likeness (QED) is 0.764. The van der Waals surface area contributed by atoms with Crippen LogP contribution in [0.4, 0.5) is 0 Å². The molecule has 0 fully saturated rings. The van der Waals surface area contributed by atoms with Crippen molar-refractivity contribution < 1.29 is 5.11 Å². The van der Waals surface area contributed by atoms with Gasteiger partial charge in [0.15, 0.2) is 0 Å². The number of aromatic amines is 1. The molecule has 2 rings (SSSR count). The lowest BCUT2D eigenvalue weighted by atomic mass is 10.1. The molecule has 74 valence electrons. The van der Waals surface area contributed by atoms with E-state index in [-0.39, 0.29) is 5.75 Å². The number of aromatic hydroxyl groups is 1. The van der Waals surface area contributed by atoms with E-state index in [0.29, 0.717) is 5.92 Å². The Hall–Kier alpha value is -1.51. The summed E-state index contributed by atoms with van der Waals surface area (Å²) in [5.74, 6) is 1.85. The molecule has 2 N–H and O–H groups in total. The molecule has 0 bridgehead atoms. The SMILES string of the molecule is CC(C)Cc1nc2ccc(O)cc2[nH]1. The Bertz CT molecular complexity index is 445. The summed E-state index contributed by atoms with van der Waals surface area (Å²) in [4.78, 5) is 7.62. The molecule has 0 unspecified atom stereocenters. The number of benzene rings is 1. The van der Waals surface area contributed by atoms with E-state index in [4.69, 9.17) is 0 Å². The number of rotatable bonds is 2. The third-order valence-corrected chi connectivity index (χ3v) is 2.12. The third kappa shape index (κ3) is 1.71. The minimum absolute atomic E-state index is 0.275. The van der Waals surface area contributed by atoms with E-state index in [2.05, 4.69) is 23.8 Å². The van der Waals surface area contributed by atoms with Crippen molar-refractivity contribution >= 4 is 11.0 Å². The average molecular weight is 190 g/mol. The van der Waals surface area contributed by atoms with Gasteiger partial charge in [0.1, 0.15) is 11.6 Å². The zero-order chi connectivity index (χ0) is 10.1. The summed E-state index contributed by atoms with van der Waals surface area (Å²) in [6.45, 7) is 4.31. The number of fused-ring (bicyclic) bond motifs is 1. The summed E-state index contributed by atoms with van der Waals surface area (Å²) >= 11 is 0. The Labute approximate surface area is 82.8 Å². The number of H-pyrrole nitrogens is 1. The van der Waals surface area contributed by atoms with Crippen LogP contribution in [-0.2, 0) is 6.42 Å². The van der Waals surface area contributed by atoms with E-state index in [1.54, 1.807) is 12.1 Å². The van der Waals surface area contributed by atoms with Gasteiger partial charge in [-0.05, 0) is 18.1 Å². The van der Waals surface area contributed by atoms with Gasteiger partial charge in [-0.15, -0.1) is 0 Å². The molecule has 0 aliphatic rings. The predicted molar refractivity (Wildman–Crippen MR) is 56.3 cm³/mol. The molecule has 0 aliphatic heterocycles. The molecule has 1 aromatic heterocycles. The van der Waals surface area contributed by atoms with Crippen molar-refractivity contribution in [1.82, 2.24) is 9.97 Å². The zero-order valence-corrected chi connectivity index (χ0v) is 8.41. The lowest BCUT2D eigenvalue weighted by Crippen LogP contribution is -1.95. The fraction of sp³-hybridized carbons (Fsp3) is 0.364. The second kappa shape index (κ2) is 3.33. The Morgan fingerprint density at radius 2 is 2.21 bits per heavy atom. The van der Waals surface area contributed by atoms with E-state index >= 15 is 0 Å². The number of phenols is 1. The topological polar surface area (TPSA) is 48.9 Å². The molecule has 3 heteroatoms. The first-order valence-electron chi connectivity index (χ1n) is 4.83. The lowest BCUT2D eigenvalue weighted by Gasteiger charge is -1.98. The van der Waals surface area contributed by atoms with Gasteiger partial charge in [0, 0.05) is 12.5 Å². The Morgan fingerprint density at radius 3 is 2.93 bits per heavy atom. The molecule has 0 atom stereocenters. The number of imidazole rings is 1. The van der Waals surface area contributed by atoms with E-state index in [1.165, 1.54) is 0 Å². The third-order valence-electron chi connectivity index (χ3n) is 2.12. The van der Waals surface area contributed by atoms with Crippen LogP contribution in [-0.4, -0.2) is 15.1 Å². The van der Waals surface area contributed by atoms with E-state index in [0.717, 1.165) is 23.3 Å². The first-order chi connectivity index (χ1) is 6.65. The van der Waals surface area contributed by atoms with Crippen molar-refractivity contribution in [3.05, 3.63) is 24.0 Å².